The number of rotatable bonds is 7. The fraction of sp³-hybridized carbons (Fsp3) is 0.167. The molecule has 8 heteroatoms. The maximum Gasteiger partial charge on any atom is 0.312 e. The van der Waals surface area contributed by atoms with Crippen molar-refractivity contribution in [3.63, 3.8) is 0 Å². The second-order valence-electron chi connectivity index (χ2n) is 7.47. The number of carbonyl (C=O) groups is 1. The van der Waals surface area contributed by atoms with Crippen molar-refractivity contribution in [3.05, 3.63) is 110 Å². The van der Waals surface area contributed by atoms with E-state index in [9.17, 15) is 14.9 Å². The van der Waals surface area contributed by atoms with Gasteiger partial charge in [-0.3, -0.25) is 19.6 Å². The van der Waals surface area contributed by atoms with E-state index in [2.05, 4.69) is 5.10 Å². The van der Waals surface area contributed by atoms with Crippen LogP contribution in [0.25, 0.3) is 0 Å². The van der Waals surface area contributed by atoms with Gasteiger partial charge in [-0.15, -0.1) is 11.3 Å². The van der Waals surface area contributed by atoms with Crippen LogP contribution < -0.4 is 4.90 Å². The molecule has 1 amide bonds. The molecule has 0 N–H and O–H groups in total. The second-order valence-corrected chi connectivity index (χ2v) is 8.38. The molecular weight excluding hydrogens is 424 g/mol. The molecule has 0 atom stereocenters. The topological polar surface area (TPSA) is 81.3 Å². The zero-order chi connectivity index (χ0) is 22.7. The third kappa shape index (κ3) is 4.45. The minimum absolute atomic E-state index is 0.0367. The van der Waals surface area contributed by atoms with Gasteiger partial charge in [-0.1, -0.05) is 48.5 Å². The van der Waals surface area contributed by atoms with Gasteiger partial charge in [0, 0.05) is 5.69 Å². The summed E-state index contributed by atoms with van der Waals surface area (Å²) in [4.78, 5) is 26.7. The number of anilines is 1. The molecule has 2 aromatic carbocycles. The molecule has 0 aliphatic carbocycles. The number of hydrogen-bond donors (Lipinski definition) is 0. The highest BCUT2D eigenvalue weighted by molar-refractivity contribution is 7.12. The predicted molar refractivity (Wildman–Crippen MR) is 125 cm³/mol. The standard InChI is InChI=1S/C24H22N4O3S/c1-17-23(28(30)31)18(2)27(25-17)15-20-13-22(32-16-20)24(29)26(21-11-7-4-8-12-21)14-19-9-5-3-6-10-19/h3-13,16H,14-15H2,1-2H3. The van der Waals surface area contributed by atoms with Crippen LogP contribution in [0.3, 0.4) is 0 Å². The highest BCUT2D eigenvalue weighted by Gasteiger charge is 2.23. The molecule has 0 aliphatic heterocycles. The van der Waals surface area contributed by atoms with E-state index in [1.165, 1.54) is 11.3 Å². The van der Waals surface area contributed by atoms with Gasteiger partial charge in [-0.25, -0.2) is 0 Å². The Kier molecular flexibility index (Phi) is 6.13. The largest absolute Gasteiger partial charge is 0.312 e. The number of amides is 1. The van der Waals surface area contributed by atoms with E-state index < -0.39 is 4.92 Å². The summed E-state index contributed by atoms with van der Waals surface area (Å²) in [5.41, 5.74) is 3.67. The Morgan fingerprint density at radius 1 is 1.06 bits per heavy atom. The molecule has 0 bridgehead atoms. The first-order valence-electron chi connectivity index (χ1n) is 10.1. The smallest absolute Gasteiger partial charge is 0.303 e. The molecule has 0 fully saturated rings. The van der Waals surface area contributed by atoms with Crippen LogP contribution in [-0.4, -0.2) is 20.6 Å². The maximum atomic E-state index is 13.5. The lowest BCUT2D eigenvalue weighted by atomic mass is 10.2. The third-order valence-electron chi connectivity index (χ3n) is 5.22. The number of aryl methyl sites for hydroxylation is 1. The zero-order valence-corrected chi connectivity index (χ0v) is 18.6. The van der Waals surface area contributed by atoms with Crippen LogP contribution >= 0.6 is 11.3 Å². The van der Waals surface area contributed by atoms with Crippen molar-refractivity contribution in [2.24, 2.45) is 0 Å². The first-order valence-corrected chi connectivity index (χ1v) is 11.0. The van der Waals surface area contributed by atoms with Crippen molar-refractivity contribution in [1.82, 2.24) is 9.78 Å². The van der Waals surface area contributed by atoms with Crippen LogP contribution in [0.5, 0.6) is 0 Å². The van der Waals surface area contributed by atoms with Gasteiger partial charge in [0.25, 0.3) is 5.91 Å². The van der Waals surface area contributed by atoms with Crippen molar-refractivity contribution in [2.45, 2.75) is 26.9 Å². The molecule has 4 aromatic rings. The minimum atomic E-state index is -0.405. The number of thiophene rings is 1. The van der Waals surface area contributed by atoms with Crippen molar-refractivity contribution < 1.29 is 9.72 Å². The zero-order valence-electron chi connectivity index (χ0n) is 17.8. The highest BCUT2D eigenvalue weighted by atomic mass is 32.1. The molecule has 0 saturated heterocycles. The number of para-hydroxylation sites is 1. The Morgan fingerprint density at radius 3 is 2.34 bits per heavy atom. The highest BCUT2D eigenvalue weighted by Crippen LogP contribution is 2.26. The number of benzene rings is 2. The molecule has 0 unspecified atom stereocenters. The van der Waals surface area contributed by atoms with Crippen LogP contribution in [-0.2, 0) is 13.1 Å². The van der Waals surface area contributed by atoms with Gasteiger partial charge in [-0.05, 0) is 48.6 Å². The Labute approximate surface area is 189 Å². The number of aromatic nitrogens is 2. The summed E-state index contributed by atoms with van der Waals surface area (Å²) in [6.07, 6.45) is 0. The number of nitro groups is 1. The van der Waals surface area contributed by atoms with Gasteiger partial charge in [0.05, 0.1) is 22.9 Å². The Morgan fingerprint density at radius 2 is 1.72 bits per heavy atom. The summed E-state index contributed by atoms with van der Waals surface area (Å²) in [6.45, 7) is 4.15. The monoisotopic (exact) mass is 446 g/mol. The summed E-state index contributed by atoms with van der Waals surface area (Å²) < 4.78 is 1.61. The molecule has 2 heterocycles. The lowest BCUT2D eigenvalue weighted by Crippen LogP contribution is -2.29. The SMILES string of the molecule is Cc1nn(Cc2csc(C(=O)N(Cc3ccccc3)c3ccccc3)c2)c(C)c1[N+](=O)[O-]. The van der Waals surface area contributed by atoms with Crippen LogP contribution in [0, 0.1) is 24.0 Å². The summed E-state index contributed by atoms with van der Waals surface area (Å²) in [5, 5.41) is 17.5. The molecule has 162 valence electrons. The van der Waals surface area contributed by atoms with E-state index in [-0.39, 0.29) is 11.6 Å². The Bertz CT molecular complexity index is 1250. The molecule has 0 spiro atoms. The van der Waals surface area contributed by atoms with Gasteiger partial charge in [0.15, 0.2) is 0 Å². The van der Waals surface area contributed by atoms with Crippen LogP contribution in [0.1, 0.15) is 32.2 Å². The first kappa shape index (κ1) is 21.5. The van der Waals surface area contributed by atoms with Gasteiger partial charge in [0.2, 0.25) is 0 Å². The van der Waals surface area contributed by atoms with Crippen LogP contribution in [0.15, 0.2) is 72.1 Å². The molecule has 4 rings (SSSR count). The third-order valence-corrected chi connectivity index (χ3v) is 6.19. The van der Waals surface area contributed by atoms with Gasteiger partial charge in [-0.2, -0.15) is 5.10 Å². The minimum Gasteiger partial charge on any atom is -0.303 e. The number of hydrogen-bond acceptors (Lipinski definition) is 5. The molecule has 0 radical (unpaired) electrons. The normalized spacial score (nSPS) is 10.8. The first-order chi connectivity index (χ1) is 15.4. The fourth-order valence-electron chi connectivity index (χ4n) is 3.64. The Hall–Kier alpha value is -3.78. The van der Waals surface area contributed by atoms with Crippen molar-refractivity contribution in [1.29, 1.82) is 0 Å². The van der Waals surface area contributed by atoms with Crippen LogP contribution in [0.2, 0.25) is 0 Å². The number of nitrogens with zero attached hydrogens (tertiary/aromatic N) is 4. The molecule has 7 nitrogen and oxygen atoms in total. The van der Waals surface area contributed by atoms with Gasteiger partial charge < -0.3 is 4.90 Å². The lowest BCUT2D eigenvalue weighted by molar-refractivity contribution is -0.386. The van der Waals surface area contributed by atoms with Gasteiger partial charge >= 0.3 is 5.69 Å². The molecule has 0 saturated carbocycles. The second kappa shape index (κ2) is 9.15. The van der Waals surface area contributed by atoms with E-state index in [0.717, 1.165) is 16.8 Å². The van der Waals surface area contributed by atoms with Crippen LogP contribution in [0.4, 0.5) is 11.4 Å². The maximum absolute atomic E-state index is 13.5. The Balaban J connectivity index is 1.59. The average Bonchev–Trinajstić information content (AvgIpc) is 3.37. The van der Waals surface area contributed by atoms with E-state index in [1.54, 1.807) is 23.4 Å². The summed E-state index contributed by atoms with van der Waals surface area (Å²) in [5.74, 6) is -0.0874. The quantitative estimate of drug-likeness (QED) is 0.282. The lowest BCUT2D eigenvalue weighted by Gasteiger charge is -2.22. The van der Waals surface area contributed by atoms with E-state index >= 15 is 0 Å². The average molecular weight is 447 g/mol. The fourth-order valence-corrected chi connectivity index (χ4v) is 4.49. The van der Waals surface area contributed by atoms with E-state index in [1.807, 2.05) is 72.1 Å². The van der Waals surface area contributed by atoms with Crippen molar-refractivity contribution in [2.75, 3.05) is 4.90 Å². The molecule has 2 aromatic heterocycles. The predicted octanol–water partition coefficient (Wildman–Crippen LogP) is 5.36. The van der Waals surface area contributed by atoms with E-state index in [0.29, 0.717) is 29.4 Å². The van der Waals surface area contributed by atoms with E-state index in [4.69, 9.17) is 0 Å². The summed E-state index contributed by atoms with van der Waals surface area (Å²) >= 11 is 1.37. The summed E-state index contributed by atoms with van der Waals surface area (Å²) in [6, 6.07) is 21.3. The van der Waals surface area contributed by atoms with Crippen molar-refractivity contribution in [3.8, 4) is 0 Å². The number of carbonyl (C=O) groups excluding carboxylic acids is 1. The molecule has 32 heavy (non-hydrogen) atoms. The summed E-state index contributed by atoms with van der Waals surface area (Å²) in [7, 11) is 0. The molecular formula is C24H22N4O3S. The van der Waals surface area contributed by atoms with Crippen molar-refractivity contribution >= 4 is 28.6 Å². The van der Waals surface area contributed by atoms with Gasteiger partial charge in [0.1, 0.15) is 11.4 Å². The molecule has 0 aliphatic rings.